The minimum absolute atomic E-state index is 0.0646. The van der Waals surface area contributed by atoms with E-state index in [1.807, 2.05) is 30.3 Å². The zero-order chi connectivity index (χ0) is 31.0. The highest BCUT2D eigenvalue weighted by atomic mass is 16.6. The van der Waals surface area contributed by atoms with E-state index in [1.54, 1.807) is 43.7 Å². The van der Waals surface area contributed by atoms with E-state index in [1.165, 1.54) is 12.4 Å². The summed E-state index contributed by atoms with van der Waals surface area (Å²) >= 11 is 0. The highest BCUT2D eigenvalue weighted by Crippen LogP contribution is 2.24. The number of carbonyl (C=O) groups excluding carboxylic acids is 4. The Morgan fingerprint density at radius 2 is 1.84 bits per heavy atom. The van der Waals surface area contributed by atoms with Crippen molar-refractivity contribution in [1.82, 2.24) is 25.4 Å². The Bertz CT molecular complexity index is 1280. The van der Waals surface area contributed by atoms with Crippen molar-refractivity contribution >= 4 is 24.0 Å². The molecule has 2 aliphatic rings. The smallest absolute Gasteiger partial charge is 0.408 e. The summed E-state index contributed by atoms with van der Waals surface area (Å²) in [4.78, 5) is 59.7. The summed E-state index contributed by atoms with van der Waals surface area (Å²) in [5.74, 6) is -0.0960. The van der Waals surface area contributed by atoms with Crippen LogP contribution in [0, 0.1) is 0 Å². The fourth-order valence-electron chi connectivity index (χ4n) is 5.11. The molecule has 1 fully saturated rings. The van der Waals surface area contributed by atoms with Crippen LogP contribution in [-0.2, 0) is 20.9 Å². The molecule has 4 amide bonds. The number of fused-ring (bicyclic) bond motifs is 3. The van der Waals surface area contributed by atoms with Crippen molar-refractivity contribution in [3.8, 4) is 5.75 Å². The number of hydrogen-bond donors (Lipinski definition) is 2. The third kappa shape index (κ3) is 9.32. The quantitative estimate of drug-likeness (QED) is 0.548. The van der Waals surface area contributed by atoms with Gasteiger partial charge in [-0.05, 0) is 58.1 Å². The van der Waals surface area contributed by atoms with Crippen molar-refractivity contribution in [2.45, 2.75) is 76.8 Å². The fraction of sp³-hybridized carbons (Fsp3) is 0.516. The van der Waals surface area contributed by atoms with Crippen molar-refractivity contribution in [3.05, 3.63) is 59.9 Å². The number of pyridine rings is 1. The van der Waals surface area contributed by atoms with E-state index >= 15 is 0 Å². The summed E-state index contributed by atoms with van der Waals surface area (Å²) in [7, 11) is 1.71. The van der Waals surface area contributed by atoms with E-state index in [9.17, 15) is 19.2 Å². The molecular weight excluding hydrogens is 554 g/mol. The summed E-state index contributed by atoms with van der Waals surface area (Å²) in [6.45, 7) is 6.16. The topological polar surface area (TPSA) is 139 Å². The Kier molecular flexibility index (Phi) is 10.4. The Hall–Kier alpha value is -4.35. The van der Waals surface area contributed by atoms with Gasteiger partial charge >= 0.3 is 12.2 Å². The van der Waals surface area contributed by atoms with Crippen LogP contribution in [0.25, 0.3) is 0 Å². The Morgan fingerprint density at radius 3 is 2.58 bits per heavy atom. The maximum Gasteiger partial charge on any atom is 0.408 e. The zero-order valence-corrected chi connectivity index (χ0v) is 25.2. The molecule has 1 saturated heterocycles. The molecule has 2 aliphatic heterocycles. The molecule has 0 unspecified atom stereocenters. The van der Waals surface area contributed by atoms with E-state index in [2.05, 4.69) is 15.6 Å². The molecule has 0 spiro atoms. The summed E-state index contributed by atoms with van der Waals surface area (Å²) in [6.07, 6.45) is 3.66. The van der Waals surface area contributed by atoms with Crippen LogP contribution in [0.5, 0.6) is 5.75 Å². The summed E-state index contributed by atoms with van der Waals surface area (Å²) < 4.78 is 16.9. The Labute approximate surface area is 252 Å². The molecule has 4 rings (SSSR count). The average molecular weight is 596 g/mol. The molecule has 43 heavy (non-hydrogen) atoms. The van der Waals surface area contributed by atoms with Gasteiger partial charge in [0.2, 0.25) is 5.91 Å². The Balaban J connectivity index is 1.53. The molecule has 0 radical (unpaired) electrons. The van der Waals surface area contributed by atoms with Gasteiger partial charge in [0.25, 0.3) is 5.91 Å². The molecule has 12 nitrogen and oxygen atoms in total. The van der Waals surface area contributed by atoms with Crippen molar-refractivity contribution in [2.24, 2.45) is 0 Å². The van der Waals surface area contributed by atoms with E-state index in [0.717, 1.165) is 5.56 Å². The number of rotatable bonds is 4. The first-order valence-electron chi connectivity index (χ1n) is 14.6. The SMILES string of the molecule is CN1CCCC[C@H](NC(=O)OCc2ccccc2)C(=O)N2C[C@@H](NC(=O)OC(C)(C)C)C[C@H]2COc2cncc(c2)C1=O. The van der Waals surface area contributed by atoms with Crippen molar-refractivity contribution in [1.29, 1.82) is 0 Å². The fourth-order valence-corrected chi connectivity index (χ4v) is 5.11. The molecule has 2 aromatic rings. The molecule has 2 N–H and O–H groups in total. The predicted octanol–water partition coefficient (Wildman–Crippen LogP) is 3.51. The van der Waals surface area contributed by atoms with Crippen LogP contribution in [0.3, 0.4) is 0 Å². The summed E-state index contributed by atoms with van der Waals surface area (Å²) in [6, 6.07) is 9.21. The number of ether oxygens (including phenoxy) is 3. The normalized spacial score (nSPS) is 21.5. The third-order valence-corrected chi connectivity index (χ3v) is 7.21. The van der Waals surface area contributed by atoms with Crippen molar-refractivity contribution in [3.63, 3.8) is 0 Å². The lowest BCUT2D eigenvalue weighted by Crippen LogP contribution is -2.51. The van der Waals surface area contributed by atoms with Crippen LogP contribution in [0.15, 0.2) is 48.8 Å². The monoisotopic (exact) mass is 595 g/mol. The van der Waals surface area contributed by atoms with Crippen LogP contribution < -0.4 is 15.4 Å². The summed E-state index contributed by atoms with van der Waals surface area (Å²) in [5, 5.41) is 5.62. The van der Waals surface area contributed by atoms with Gasteiger partial charge < -0.3 is 34.6 Å². The molecule has 0 aliphatic carbocycles. The highest BCUT2D eigenvalue weighted by molar-refractivity contribution is 5.94. The molecule has 232 valence electrons. The summed E-state index contributed by atoms with van der Waals surface area (Å²) in [5.41, 5.74) is 0.550. The minimum Gasteiger partial charge on any atom is -0.490 e. The number of aromatic nitrogens is 1. The second-order valence-corrected chi connectivity index (χ2v) is 11.9. The number of carbonyl (C=O) groups is 4. The van der Waals surface area contributed by atoms with Crippen LogP contribution >= 0.6 is 0 Å². The molecular formula is C31H41N5O7. The number of benzene rings is 1. The number of alkyl carbamates (subject to hydrolysis) is 2. The maximum absolute atomic E-state index is 14.0. The lowest BCUT2D eigenvalue weighted by Gasteiger charge is -2.29. The molecule has 1 aromatic carbocycles. The highest BCUT2D eigenvalue weighted by Gasteiger charge is 2.40. The van der Waals surface area contributed by atoms with Crippen molar-refractivity contribution in [2.75, 3.05) is 26.7 Å². The first-order chi connectivity index (χ1) is 20.5. The average Bonchev–Trinajstić information content (AvgIpc) is 3.37. The largest absolute Gasteiger partial charge is 0.490 e. The van der Waals surface area contributed by atoms with Gasteiger partial charge in [-0.2, -0.15) is 0 Å². The van der Waals surface area contributed by atoms with Gasteiger partial charge in [0.05, 0.1) is 23.8 Å². The van der Waals surface area contributed by atoms with E-state index < -0.39 is 35.9 Å². The van der Waals surface area contributed by atoms with E-state index in [-0.39, 0.29) is 31.6 Å². The van der Waals surface area contributed by atoms with Crippen LogP contribution in [0.1, 0.15) is 62.4 Å². The van der Waals surface area contributed by atoms with E-state index in [4.69, 9.17) is 14.2 Å². The second kappa shape index (κ2) is 14.2. The standard InChI is InChI=1S/C31H41N5O7/c1-31(2,3)43-30(40)33-23-15-24-20-41-25-14-22(16-32-17-25)27(37)35(4)13-9-8-12-26(28(38)36(24)18-23)34-29(39)42-19-21-10-6-5-7-11-21/h5-7,10-11,14,16-17,23-24,26H,8-9,12-13,15,18-20H2,1-4H3,(H,33,40)(H,34,39)/t23-,24-,26-/m0/s1. The predicted molar refractivity (Wildman–Crippen MR) is 157 cm³/mol. The van der Waals surface area contributed by atoms with Crippen molar-refractivity contribution < 1.29 is 33.4 Å². The lowest BCUT2D eigenvalue weighted by molar-refractivity contribution is -0.135. The van der Waals surface area contributed by atoms with Gasteiger partial charge in [-0.15, -0.1) is 0 Å². The zero-order valence-electron chi connectivity index (χ0n) is 25.2. The van der Waals surface area contributed by atoms with Gasteiger partial charge in [-0.25, -0.2) is 9.59 Å². The number of amides is 4. The van der Waals surface area contributed by atoms with Gasteiger partial charge in [0, 0.05) is 26.3 Å². The number of nitrogens with one attached hydrogen (secondary N) is 2. The first kappa shape index (κ1) is 31.6. The van der Waals surface area contributed by atoms with E-state index in [0.29, 0.717) is 43.5 Å². The van der Waals surface area contributed by atoms with Gasteiger partial charge in [-0.3, -0.25) is 14.6 Å². The molecule has 0 saturated carbocycles. The van der Waals surface area contributed by atoms with Gasteiger partial charge in [0.1, 0.15) is 30.6 Å². The van der Waals surface area contributed by atoms with Crippen LogP contribution in [0.2, 0.25) is 0 Å². The van der Waals surface area contributed by atoms with Gasteiger partial charge in [-0.1, -0.05) is 30.3 Å². The molecule has 1 aromatic heterocycles. The molecule has 2 bridgehead atoms. The number of nitrogens with zero attached hydrogens (tertiary/aromatic N) is 3. The maximum atomic E-state index is 14.0. The van der Waals surface area contributed by atoms with Gasteiger partial charge in [0.15, 0.2) is 0 Å². The minimum atomic E-state index is -0.875. The lowest BCUT2D eigenvalue weighted by atomic mass is 10.1. The molecule has 12 heteroatoms. The van der Waals surface area contributed by atoms with Crippen LogP contribution in [0.4, 0.5) is 9.59 Å². The first-order valence-corrected chi connectivity index (χ1v) is 14.6. The Morgan fingerprint density at radius 1 is 1.07 bits per heavy atom. The third-order valence-electron chi connectivity index (χ3n) is 7.21. The number of hydrogen-bond acceptors (Lipinski definition) is 8. The van der Waals surface area contributed by atoms with Crippen LogP contribution in [-0.4, -0.2) is 89.3 Å². The second-order valence-electron chi connectivity index (χ2n) is 11.9. The molecule has 3 atom stereocenters. The molecule has 3 heterocycles.